The lowest BCUT2D eigenvalue weighted by molar-refractivity contribution is -0.145. The average molecular weight is 940 g/mol. The van der Waals surface area contributed by atoms with Crippen molar-refractivity contribution in [1.82, 2.24) is 20.5 Å². The molecule has 2 aliphatic rings. The number of aliphatic hydroxyl groups excluding tert-OH is 1. The number of nitrogen functional groups attached to an aromatic ring is 1. The topological polar surface area (TPSA) is 205 Å². The van der Waals surface area contributed by atoms with Crippen LogP contribution in [0.4, 0.5) is 21.5 Å². The molecular formula is C51H66FN7O7S. The number of amides is 5. The number of nitrogens with two attached hydrogens (primary N) is 1. The van der Waals surface area contributed by atoms with E-state index in [1.807, 2.05) is 25.1 Å². The average Bonchev–Trinajstić information content (AvgIpc) is 3.70. The molecule has 16 heteroatoms. The number of thiazole rings is 1. The van der Waals surface area contributed by atoms with Gasteiger partial charge in [-0.3, -0.25) is 24.0 Å². The molecule has 0 bridgehead atoms. The van der Waals surface area contributed by atoms with Crippen molar-refractivity contribution in [2.45, 2.75) is 142 Å². The molecule has 0 radical (unpaired) electrons. The second kappa shape index (κ2) is 23.2. The molecule has 7 N–H and O–H groups in total. The second-order valence-corrected chi connectivity index (χ2v) is 19.7. The van der Waals surface area contributed by atoms with Crippen molar-refractivity contribution < 1.29 is 38.2 Å². The number of carbonyl (C=O) groups is 5. The van der Waals surface area contributed by atoms with Crippen molar-refractivity contribution in [3.05, 3.63) is 89.1 Å². The van der Waals surface area contributed by atoms with E-state index in [0.29, 0.717) is 41.4 Å². The van der Waals surface area contributed by atoms with Gasteiger partial charge in [-0.2, -0.15) is 0 Å². The number of hydrogen-bond donors (Lipinski definition) is 6. The highest BCUT2D eigenvalue weighted by Gasteiger charge is 2.53. The first-order valence-electron chi connectivity index (χ1n) is 23.5. The van der Waals surface area contributed by atoms with E-state index in [0.717, 1.165) is 79.5 Å². The Morgan fingerprint density at radius 1 is 0.925 bits per heavy atom. The number of hydrogen-bond acceptors (Lipinski definition) is 10. The molecule has 2 fully saturated rings. The predicted molar refractivity (Wildman–Crippen MR) is 260 cm³/mol. The molecule has 3 aromatic carbocycles. The Bertz CT molecular complexity index is 2350. The number of ether oxygens (including phenoxy) is 1. The van der Waals surface area contributed by atoms with Gasteiger partial charge in [-0.05, 0) is 86.1 Å². The number of alkyl halides is 1. The summed E-state index contributed by atoms with van der Waals surface area (Å²) in [6.45, 7) is 7.80. The predicted octanol–water partition coefficient (Wildman–Crippen LogP) is 8.48. The van der Waals surface area contributed by atoms with Gasteiger partial charge in [0, 0.05) is 42.7 Å². The van der Waals surface area contributed by atoms with Crippen LogP contribution in [0.1, 0.15) is 126 Å². The zero-order chi connectivity index (χ0) is 48.1. The van der Waals surface area contributed by atoms with E-state index in [2.05, 4.69) is 26.3 Å². The van der Waals surface area contributed by atoms with E-state index in [9.17, 15) is 33.5 Å². The van der Waals surface area contributed by atoms with E-state index in [1.165, 1.54) is 4.90 Å². The van der Waals surface area contributed by atoms with Gasteiger partial charge in [0.1, 0.15) is 17.8 Å². The van der Waals surface area contributed by atoms with Gasteiger partial charge in [0.25, 0.3) is 11.8 Å². The summed E-state index contributed by atoms with van der Waals surface area (Å²) in [6.07, 6.45) is 8.88. The minimum Gasteiger partial charge on any atom is -0.493 e. The van der Waals surface area contributed by atoms with E-state index < -0.39 is 47.0 Å². The fourth-order valence-electron chi connectivity index (χ4n) is 8.11. The van der Waals surface area contributed by atoms with Gasteiger partial charge in [-0.15, -0.1) is 11.3 Å². The fraction of sp³-hybridized carbons (Fsp3) is 0.490. The van der Waals surface area contributed by atoms with Crippen LogP contribution < -0.4 is 31.7 Å². The van der Waals surface area contributed by atoms with Crippen LogP contribution in [0.3, 0.4) is 0 Å². The third-order valence-corrected chi connectivity index (χ3v) is 13.3. The molecule has 1 saturated heterocycles. The lowest BCUT2D eigenvalue weighted by Gasteiger charge is -2.35. The number of aromatic nitrogens is 1. The summed E-state index contributed by atoms with van der Waals surface area (Å²) in [5, 5.41) is 21.9. The van der Waals surface area contributed by atoms with Gasteiger partial charge in [-0.25, -0.2) is 9.37 Å². The molecule has 1 aliphatic carbocycles. The number of aliphatic hydroxyl groups is 1. The summed E-state index contributed by atoms with van der Waals surface area (Å²) in [5.41, 5.74) is 9.75. The molecule has 4 aromatic rings. The third-order valence-electron chi connectivity index (χ3n) is 12.3. The highest BCUT2D eigenvalue weighted by Crippen LogP contribution is 2.40. The first-order chi connectivity index (χ1) is 32.0. The fourth-order valence-corrected chi connectivity index (χ4v) is 8.92. The molecule has 67 heavy (non-hydrogen) atoms. The van der Waals surface area contributed by atoms with Gasteiger partial charge < -0.3 is 41.7 Å². The van der Waals surface area contributed by atoms with Crippen molar-refractivity contribution >= 4 is 57.9 Å². The summed E-state index contributed by atoms with van der Waals surface area (Å²) < 4.78 is 21.0. The molecule has 5 amide bonds. The van der Waals surface area contributed by atoms with Crippen LogP contribution in [0.15, 0.2) is 72.2 Å². The number of nitrogens with zero attached hydrogens (tertiary/aromatic N) is 2. The van der Waals surface area contributed by atoms with Crippen molar-refractivity contribution in [3.63, 3.8) is 0 Å². The molecule has 3 unspecified atom stereocenters. The number of likely N-dealkylation sites (tertiary alicyclic amines) is 1. The number of β-amino-alcohol motifs (C(OH)–C–C–N with tert-alkyl or cyclic N) is 1. The van der Waals surface area contributed by atoms with Crippen LogP contribution >= 0.6 is 11.3 Å². The van der Waals surface area contributed by atoms with Crippen LogP contribution in [0, 0.1) is 12.3 Å². The second-order valence-electron chi connectivity index (χ2n) is 18.9. The minimum atomic E-state index is -1.97. The SMILES string of the molecule is Cc1ncsc1-c1ccc(CNC(=O)C2CC(O)CN2C(=O)C(NC(=O)C2(F)CC2)C(C)(C)C)c(OCCCCCCCCCCCC(=O)Nc2ccc(C(=O)Nc3ccccc3N)cc2)c1. The zero-order valence-corrected chi connectivity index (χ0v) is 39.9. The number of halogens is 1. The molecule has 0 spiro atoms. The molecule has 2 heterocycles. The summed E-state index contributed by atoms with van der Waals surface area (Å²) in [5.74, 6) is -1.48. The molecular weight excluding hydrogens is 874 g/mol. The van der Waals surface area contributed by atoms with Crippen LogP contribution in [-0.4, -0.2) is 81.5 Å². The zero-order valence-electron chi connectivity index (χ0n) is 39.1. The molecule has 1 aromatic heterocycles. The van der Waals surface area contributed by atoms with Gasteiger partial charge >= 0.3 is 0 Å². The van der Waals surface area contributed by atoms with E-state index in [4.69, 9.17) is 10.5 Å². The Kier molecular flexibility index (Phi) is 17.5. The van der Waals surface area contributed by atoms with E-state index in [-0.39, 0.29) is 44.2 Å². The van der Waals surface area contributed by atoms with Crippen LogP contribution in [0.5, 0.6) is 5.75 Å². The maximum Gasteiger partial charge on any atom is 0.258 e. The first kappa shape index (κ1) is 50.5. The van der Waals surface area contributed by atoms with Crippen molar-refractivity contribution in [1.29, 1.82) is 0 Å². The number of nitrogens with one attached hydrogen (secondary N) is 4. The van der Waals surface area contributed by atoms with Gasteiger partial charge in [-0.1, -0.05) is 90.0 Å². The highest BCUT2D eigenvalue weighted by molar-refractivity contribution is 7.13. The van der Waals surface area contributed by atoms with Crippen LogP contribution in [0.25, 0.3) is 10.4 Å². The maximum atomic E-state index is 14.6. The summed E-state index contributed by atoms with van der Waals surface area (Å²) >= 11 is 1.54. The number of aryl methyl sites for hydroxylation is 1. The van der Waals surface area contributed by atoms with Crippen molar-refractivity contribution in [2.75, 3.05) is 29.5 Å². The monoisotopic (exact) mass is 939 g/mol. The number of benzene rings is 3. The number of unbranched alkanes of at least 4 members (excludes halogenated alkanes) is 8. The van der Waals surface area contributed by atoms with Crippen LogP contribution in [0.2, 0.25) is 0 Å². The Morgan fingerprint density at radius 3 is 2.24 bits per heavy atom. The maximum absolute atomic E-state index is 14.6. The molecule has 14 nitrogen and oxygen atoms in total. The number of para-hydroxylation sites is 2. The Labute approximate surface area is 397 Å². The van der Waals surface area contributed by atoms with Gasteiger partial charge in [0.2, 0.25) is 17.7 Å². The molecule has 6 rings (SSSR count). The summed E-state index contributed by atoms with van der Waals surface area (Å²) in [4.78, 5) is 72.2. The highest BCUT2D eigenvalue weighted by atomic mass is 32.1. The Balaban J connectivity index is 0.893. The smallest absolute Gasteiger partial charge is 0.258 e. The first-order valence-corrected chi connectivity index (χ1v) is 24.4. The van der Waals surface area contributed by atoms with Gasteiger partial charge in [0.05, 0.1) is 40.2 Å². The standard InChI is InChI=1S/C51H66FN7O7S/c1-33-44(67-32-55-33)35-19-20-36(30-54-47(63)41-29-38(60)31-59(41)48(64)45(50(2,3)4)58-49(65)51(52)25-26-51)42(28-35)66-27-15-11-9-7-5-6-8-10-12-18-43(61)56-37-23-21-34(22-24-37)46(62)57-40-17-14-13-16-39(40)53/h13-14,16-17,19-24,28,32,38,41,45,60H,5-12,15,18,25-27,29-31,53H2,1-4H3,(H,54,63)(H,56,61)(H,57,62)(H,58,65). The third kappa shape index (κ3) is 14.3. The van der Waals surface area contributed by atoms with Gasteiger partial charge in [0.15, 0.2) is 5.67 Å². The Hall–Kier alpha value is -5.87. The number of rotatable bonds is 23. The number of anilines is 3. The molecule has 1 aliphatic heterocycles. The van der Waals surface area contributed by atoms with Crippen molar-refractivity contribution in [3.8, 4) is 16.2 Å². The normalized spacial score (nSPS) is 16.8. The lowest BCUT2D eigenvalue weighted by Crippen LogP contribution is -2.59. The van der Waals surface area contributed by atoms with E-state index >= 15 is 0 Å². The quantitative estimate of drug-likeness (QED) is 0.0311. The van der Waals surface area contributed by atoms with Crippen molar-refractivity contribution in [2.24, 2.45) is 5.41 Å². The van der Waals surface area contributed by atoms with E-state index in [1.54, 1.807) is 86.1 Å². The Morgan fingerprint density at radius 2 is 1.60 bits per heavy atom. The molecule has 360 valence electrons. The largest absolute Gasteiger partial charge is 0.493 e. The minimum absolute atomic E-state index is 0.0378. The molecule has 3 atom stereocenters. The summed E-state index contributed by atoms with van der Waals surface area (Å²) in [6, 6.07) is 17.6. The summed E-state index contributed by atoms with van der Waals surface area (Å²) in [7, 11) is 0. The van der Waals surface area contributed by atoms with Crippen LogP contribution in [-0.2, 0) is 25.7 Å². The number of carbonyl (C=O) groups excluding carboxylic acids is 5. The lowest BCUT2D eigenvalue weighted by atomic mass is 9.85. The molecule has 1 saturated carbocycles.